The van der Waals surface area contributed by atoms with Gasteiger partial charge in [-0.15, -0.1) is 0 Å². The van der Waals surface area contributed by atoms with Gasteiger partial charge in [0.05, 0.1) is 21.5 Å². The summed E-state index contributed by atoms with van der Waals surface area (Å²) < 4.78 is 23.3. The molecule has 0 radical (unpaired) electrons. The first-order chi connectivity index (χ1) is 8.71. The number of sulfone groups is 1. The number of halogens is 2. The Morgan fingerprint density at radius 3 is 2.53 bits per heavy atom. The second kappa shape index (κ2) is 6.59. The van der Waals surface area contributed by atoms with Gasteiger partial charge >= 0.3 is 0 Å². The van der Waals surface area contributed by atoms with Gasteiger partial charge in [-0.1, -0.05) is 43.1 Å². The topological polar surface area (TPSA) is 63.2 Å². The molecule has 0 heterocycles. The van der Waals surface area contributed by atoms with Crippen LogP contribution in [0.15, 0.2) is 18.2 Å². The number of anilines is 1. The van der Waals surface area contributed by atoms with E-state index in [0.717, 1.165) is 0 Å². The number of hydrogen-bond donors (Lipinski definition) is 1. The normalized spacial score (nSPS) is 11.6. The lowest BCUT2D eigenvalue weighted by Crippen LogP contribution is -2.26. The number of hydrogen-bond acceptors (Lipinski definition) is 3. The molecule has 1 N–H and O–H groups in total. The zero-order chi connectivity index (χ0) is 14.6. The van der Waals surface area contributed by atoms with Crippen LogP contribution in [0.2, 0.25) is 10.0 Å². The number of benzene rings is 1. The Morgan fingerprint density at radius 2 is 1.95 bits per heavy atom. The summed E-state index contributed by atoms with van der Waals surface area (Å²) in [7, 11) is -3.41. The molecule has 0 saturated heterocycles. The lowest BCUT2D eigenvalue weighted by Gasteiger charge is -2.09. The van der Waals surface area contributed by atoms with Gasteiger partial charge in [-0.05, 0) is 18.1 Å². The van der Waals surface area contributed by atoms with Gasteiger partial charge in [0, 0.05) is 0 Å². The van der Waals surface area contributed by atoms with Crippen LogP contribution < -0.4 is 5.32 Å². The fourth-order valence-electron chi connectivity index (χ4n) is 1.55. The van der Waals surface area contributed by atoms with Crippen molar-refractivity contribution in [3.05, 3.63) is 28.2 Å². The molecule has 0 fully saturated rings. The Kier molecular flexibility index (Phi) is 5.64. The van der Waals surface area contributed by atoms with Crippen molar-refractivity contribution in [2.75, 3.05) is 16.8 Å². The highest BCUT2D eigenvalue weighted by atomic mass is 35.5. The van der Waals surface area contributed by atoms with E-state index in [1.54, 1.807) is 32.0 Å². The minimum Gasteiger partial charge on any atom is -0.324 e. The van der Waals surface area contributed by atoms with E-state index in [2.05, 4.69) is 5.32 Å². The van der Waals surface area contributed by atoms with Crippen molar-refractivity contribution >= 4 is 44.6 Å². The number of rotatable bonds is 5. The maximum atomic E-state index is 11.7. The van der Waals surface area contributed by atoms with Crippen LogP contribution >= 0.6 is 23.2 Å². The molecule has 0 spiro atoms. The van der Waals surface area contributed by atoms with Crippen molar-refractivity contribution in [1.82, 2.24) is 0 Å². The van der Waals surface area contributed by atoms with E-state index in [4.69, 9.17) is 23.2 Å². The first-order valence-electron chi connectivity index (χ1n) is 5.65. The first-order valence-corrected chi connectivity index (χ1v) is 8.23. The van der Waals surface area contributed by atoms with Gasteiger partial charge in [0.2, 0.25) is 5.91 Å². The molecule has 7 heteroatoms. The standard InChI is InChI=1S/C12H15Cl2NO3S/c1-8(2)6-19(17,18)7-11(16)15-10-5-3-4-9(13)12(10)14/h3-5,8H,6-7H2,1-2H3,(H,15,16). The van der Waals surface area contributed by atoms with Gasteiger partial charge in [-0.2, -0.15) is 0 Å². The minimum atomic E-state index is -3.41. The lowest BCUT2D eigenvalue weighted by atomic mass is 10.3. The minimum absolute atomic E-state index is 0.0208. The zero-order valence-electron chi connectivity index (χ0n) is 10.6. The smallest absolute Gasteiger partial charge is 0.239 e. The third-order valence-electron chi connectivity index (χ3n) is 2.16. The third kappa shape index (κ3) is 5.38. The Labute approximate surface area is 123 Å². The Hall–Kier alpha value is -0.780. The van der Waals surface area contributed by atoms with Crippen LogP contribution in [0.3, 0.4) is 0 Å². The lowest BCUT2D eigenvalue weighted by molar-refractivity contribution is -0.113. The van der Waals surface area contributed by atoms with Crippen LogP contribution in [0.1, 0.15) is 13.8 Å². The molecule has 0 unspecified atom stereocenters. The number of nitrogens with one attached hydrogen (secondary N) is 1. The van der Waals surface area contributed by atoms with E-state index in [1.165, 1.54) is 0 Å². The van der Waals surface area contributed by atoms with Crippen LogP contribution in [0.5, 0.6) is 0 Å². The fourth-order valence-corrected chi connectivity index (χ4v) is 3.51. The van der Waals surface area contributed by atoms with Crippen molar-refractivity contribution in [2.24, 2.45) is 5.92 Å². The summed E-state index contributed by atoms with van der Waals surface area (Å²) in [5.41, 5.74) is 0.305. The average Bonchev–Trinajstić information content (AvgIpc) is 2.21. The first kappa shape index (κ1) is 16.3. The van der Waals surface area contributed by atoms with Gasteiger partial charge in [-0.25, -0.2) is 8.42 Å². The van der Waals surface area contributed by atoms with Gasteiger partial charge in [0.15, 0.2) is 9.84 Å². The quantitative estimate of drug-likeness (QED) is 0.905. The Morgan fingerprint density at radius 1 is 1.32 bits per heavy atom. The van der Waals surface area contributed by atoms with Crippen molar-refractivity contribution in [3.8, 4) is 0 Å². The highest BCUT2D eigenvalue weighted by Crippen LogP contribution is 2.29. The molecule has 1 aromatic rings. The Bertz CT molecular complexity index is 570. The second-order valence-corrected chi connectivity index (χ2v) is 7.49. The molecule has 0 aromatic heterocycles. The van der Waals surface area contributed by atoms with Crippen molar-refractivity contribution in [2.45, 2.75) is 13.8 Å². The van der Waals surface area contributed by atoms with Crippen LogP contribution in [0.4, 0.5) is 5.69 Å². The van der Waals surface area contributed by atoms with E-state index in [-0.39, 0.29) is 16.7 Å². The third-order valence-corrected chi connectivity index (χ3v) is 4.86. The van der Waals surface area contributed by atoms with E-state index < -0.39 is 21.5 Å². The van der Waals surface area contributed by atoms with Gasteiger partial charge in [0.25, 0.3) is 0 Å². The summed E-state index contributed by atoms with van der Waals surface area (Å²) in [4.78, 5) is 11.7. The molecular formula is C12H15Cl2NO3S. The molecular weight excluding hydrogens is 309 g/mol. The number of carbonyl (C=O) groups is 1. The van der Waals surface area contributed by atoms with Crippen LogP contribution in [-0.2, 0) is 14.6 Å². The molecule has 0 saturated carbocycles. The maximum absolute atomic E-state index is 11.7. The van der Waals surface area contributed by atoms with Gasteiger partial charge < -0.3 is 5.32 Å². The summed E-state index contributed by atoms with van der Waals surface area (Å²) in [5, 5.41) is 2.94. The SMILES string of the molecule is CC(C)CS(=O)(=O)CC(=O)Nc1cccc(Cl)c1Cl. The van der Waals surface area contributed by atoms with E-state index in [9.17, 15) is 13.2 Å². The second-order valence-electron chi connectivity index (χ2n) is 4.60. The van der Waals surface area contributed by atoms with Gasteiger partial charge in [0.1, 0.15) is 5.75 Å². The van der Waals surface area contributed by atoms with Crippen molar-refractivity contribution in [1.29, 1.82) is 0 Å². The highest BCUT2D eigenvalue weighted by Gasteiger charge is 2.19. The predicted octanol–water partition coefficient (Wildman–Crippen LogP) is 3.00. The molecule has 0 atom stereocenters. The largest absolute Gasteiger partial charge is 0.324 e. The van der Waals surface area contributed by atoms with Crippen LogP contribution in [-0.4, -0.2) is 25.8 Å². The predicted molar refractivity (Wildman–Crippen MR) is 78.6 cm³/mol. The van der Waals surface area contributed by atoms with Crippen molar-refractivity contribution < 1.29 is 13.2 Å². The zero-order valence-corrected chi connectivity index (χ0v) is 12.9. The molecule has 0 aliphatic heterocycles. The average molecular weight is 324 g/mol. The van der Waals surface area contributed by atoms with Crippen molar-refractivity contribution in [3.63, 3.8) is 0 Å². The molecule has 0 bridgehead atoms. The molecule has 19 heavy (non-hydrogen) atoms. The molecule has 1 aromatic carbocycles. The maximum Gasteiger partial charge on any atom is 0.239 e. The molecule has 1 rings (SSSR count). The molecule has 0 aliphatic rings. The molecule has 0 aliphatic carbocycles. The Balaban J connectivity index is 2.74. The van der Waals surface area contributed by atoms with Crippen LogP contribution in [0.25, 0.3) is 0 Å². The number of amides is 1. The summed E-state index contributed by atoms with van der Waals surface area (Å²) in [6.45, 7) is 3.56. The van der Waals surface area contributed by atoms with E-state index >= 15 is 0 Å². The van der Waals surface area contributed by atoms with E-state index in [1.807, 2.05) is 0 Å². The summed E-state index contributed by atoms with van der Waals surface area (Å²) in [6.07, 6.45) is 0. The highest BCUT2D eigenvalue weighted by molar-refractivity contribution is 7.92. The molecule has 4 nitrogen and oxygen atoms in total. The van der Waals surface area contributed by atoms with E-state index in [0.29, 0.717) is 10.7 Å². The summed E-state index contributed by atoms with van der Waals surface area (Å²) in [5.74, 6) is -1.23. The summed E-state index contributed by atoms with van der Waals surface area (Å²) in [6, 6.07) is 4.75. The monoisotopic (exact) mass is 323 g/mol. The summed E-state index contributed by atoms with van der Waals surface area (Å²) >= 11 is 11.7. The molecule has 1 amide bonds. The van der Waals surface area contributed by atoms with Crippen LogP contribution in [0, 0.1) is 5.92 Å². The number of carbonyl (C=O) groups excluding carboxylic acids is 1. The fraction of sp³-hybridized carbons (Fsp3) is 0.417. The molecule has 106 valence electrons. The van der Waals surface area contributed by atoms with Gasteiger partial charge in [-0.3, -0.25) is 4.79 Å².